The van der Waals surface area contributed by atoms with Crippen LogP contribution in [0.3, 0.4) is 0 Å². The summed E-state index contributed by atoms with van der Waals surface area (Å²) in [6, 6.07) is 12.3. The predicted octanol–water partition coefficient (Wildman–Crippen LogP) is 4.15. The molecule has 2 aromatic rings. The van der Waals surface area contributed by atoms with Gasteiger partial charge in [-0.3, -0.25) is 4.79 Å². The minimum absolute atomic E-state index is 0.289. The fourth-order valence-corrected chi connectivity index (χ4v) is 2.31. The molecule has 0 aromatic heterocycles. The Bertz CT molecular complexity index is 705. The zero-order valence-electron chi connectivity index (χ0n) is 13.8. The number of amides is 1. The Hall–Kier alpha value is -2.40. The van der Waals surface area contributed by atoms with E-state index >= 15 is 0 Å². The van der Waals surface area contributed by atoms with Gasteiger partial charge in [0.05, 0.1) is 18.7 Å². The first kappa shape index (κ1) is 17.9. The third-order valence-corrected chi connectivity index (χ3v) is 3.54. The molecule has 2 aromatic carbocycles. The molecule has 5 nitrogen and oxygen atoms in total. The van der Waals surface area contributed by atoms with Gasteiger partial charge >= 0.3 is 0 Å². The molecule has 0 bridgehead atoms. The second-order valence-corrected chi connectivity index (χ2v) is 5.39. The summed E-state index contributed by atoms with van der Waals surface area (Å²) >= 11 is 6.05. The first-order chi connectivity index (χ1) is 11.5. The van der Waals surface area contributed by atoms with Crippen molar-refractivity contribution in [2.24, 2.45) is 0 Å². The Morgan fingerprint density at radius 2 is 1.88 bits per heavy atom. The number of nitrogens with one attached hydrogen (secondary N) is 1. The molecule has 0 unspecified atom stereocenters. The van der Waals surface area contributed by atoms with E-state index in [1.165, 1.54) is 7.11 Å². The highest BCUT2D eigenvalue weighted by molar-refractivity contribution is 6.32. The number of carbonyl (C=O) groups is 1. The van der Waals surface area contributed by atoms with Crippen LogP contribution in [0.5, 0.6) is 17.2 Å². The van der Waals surface area contributed by atoms with Gasteiger partial charge in [-0.25, -0.2) is 0 Å². The molecule has 1 atom stereocenters. The lowest BCUT2D eigenvalue weighted by Crippen LogP contribution is -2.30. The number of methoxy groups -OCH3 is 1. The Balaban J connectivity index is 2.03. The van der Waals surface area contributed by atoms with Gasteiger partial charge in [0.25, 0.3) is 5.91 Å². The minimum Gasteiger partial charge on any atom is -0.495 e. The van der Waals surface area contributed by atoms with Crippen molar-refractivity contribution in [3.8, 4) is 17.2 Å². The number of benzene rings is 2. The number of para-hydroxylation sites is 2. The van der Waals surface area contributed by atoms with Crippen LogP contribution in [-0.4, -0.2) is 25.7 Å². The maximum absolute atomic E-state index is 12.3. The molecular formula is C18H20ClNO4. The Morgan fingerprint density at radius 1 is 1.17 bits per heavy atom. The summed E-state index contributed by atoms with van der Waals surface area (Å²) in [4.78, 5) is 12.3. The van der Waals surface area contributed by atoms with E-state index in [0.29, 0.717) is 34.6 Å². The first-order valence-corrected chi connectivity index (χ1v) is 7.95. The molecule has 0 radical (unpaired) electrons. The van der Waals surface area contributed by atoms with Crippen molar-refractivity contribution in [2.45, 2.75) is 20.0 Å². The van der Waals surface area contributed by atoms with Crippen molar-refractivity contribution in [2.75, 3.05) is 19.0 Å². The molecule has 0 saturated carbocycles. The molecule has 0 heterocycles. The standard InChI is InChI=1S/C18H20ClNO4/c1-4-23-16-7-5-6-8-17(16)24-12(2)18(21)20-13-9-10-15(22-3)14(19)11-13/h5-12H,4H2,1-3H3,(H,20,21)/t12-/m0/s1. The zero-order chi connectivity index (χ0) is 17.5. The first-order valence-electron chi connectivity index (χ1n) is 7.58. The summed E-state index contributed by atoms with van der Waals surface area (Å²) < 4.78 is 16.3. The van der Waals surface area contributed by atoms with E-state index in [4.69, 9.17) is 25.8 Å². The van der Waals surface area contributed by atoms with Crippen LogP contribution in [0.25, 0.3) is 0 Å². The number of halogens is 1. The number of ether oxygens (including phenoxy) is 3. The summed E-state index contributed by atoms with van der Waals surface area (Å²) in [5.74, 6) is 1.38. The van der Waals surface area contributed by atoms with Gasteiger partial charge in [-0.1, -0.05) is 23.7 Å². The molecule has 2 rings (SSSR count). The van der Waals surface area contributed by atoms with Crippen LogP contribution in [0.15, 0.2) is 42.5 Å². The van der Waals surface area contributed by atoms with Crippen LogP contribution in [0.4, 0.5) is 5.69 Å². The van der Waals surface area contributed by atoms with E-state index in [1.807, 2.05) is 19.1 Å². The number of hydrogen-bond donors (Lipinski definition) is 1. The SMILES string of the molecule is CCOc1ccccc1O[C@@H](C)C(=O)Nc1ccc(OC)c(Cl)c1. The quantitative estimate of drug-likeness (QED) is 0.815. The highest BCUT2D eigenvalue weighted by Gasteiger charge is 2.17. The Kier molecular flexibility index (Phi) is 6.32. The molecule has 0 aliphatic heterocycles. The van der Waals surface area contributed by atoms with Crippen molar-refractivity contribution in [3.63, 3.8) is 0 Å². The van der Waals surface area contributed by atoms with E-state index in [2.05, 4.69) is 5.32 Å². The molecule has 128 valence electrons. The lowest BCUT2D eigenvalue weighted by molar-refractivity contribution is -0.122. The number of anilines is 1. The molecule has 1 amide bonds. The number of hydrogen-bond acceptors (Lipinski definition) is 4. The second-order valence-electron chi connectivity index (χ2n) is 4.98. The van der Waals surface area contributed by atoms with E-state index in [1.54, 1.807) is 37.3 Å². The minimum atomic E-state index is -0.701. The summed E-state index contributed by atoms with van der Waals surface area (Å²) in [7, 11) is 1.53. The molecular weight excluding hydrogens is 330 g/mol. The van der Waals surface area contributed by atoms with Crippen molar-refractivity contribution < 1.29 is 19.0 Å². The molecule has 0 spiro atoms. The number of rotatable bonds is 7. The zero-order valence-corrected chi connectivity index (χ0v) is 14.6. The fourth-order valence-electron chi connectivity index (χ4n) is 2.05. The van der Waals surface area contributed by atoms with Crippen LogP contribution >= 0.6 is 11.6 Å². The molecule has 24 heavy (non-hydrogen) atoms. The lowest BCUT2D eigenvalue weighted by atomic mass is 10.2. The largest absolute Gasteiger partial charge is 0.495 e. The third-order valence-electron chi connectivity index (χ3n) is 3.24. The molecule has 0 aliphatic carbocycles. The summed E-state index contributed by atoms with van der Waals surface area (Å²) in [6.45, 7) is 4.08. The Morgan fingerprint density at radius 3 is 2.50 bits per heavy atom. The van der Waals surface area contributed by atoms with Crippen LogP contribution in [0.2, 0.25) is 5.02 Å². The van der Waals surface area contributed by atoms with Crippen molar-refractivity contribution in [3.05, 3.63) is 47.5 Å². The van der Waals surface area contributed by atoms with Crippen LogP contribution in [-0.2, 0) is 4.79 Å². The average Bonchev–Trinajstić information content (AvgIpc) is 2.57. The van der Waals surface area contributed by atoms with Crippen molar-refractivity contribution in [1.82, 2.24) is 0 Å². The Labute approximate surface area is 146 Å². The third kappa shape index (κ3) is 4.55. The average molecular weight is 350 g/mol. The predicted molar refractivity (Wildman–Crippen MR) is 94.3 cm³/mol. The van der Waals surface area contributed by atoms with E-state index in [0.717, 1.165) is 0 Å². The second kappa shape index (κ2) is 8.45. The van der Waals surface area contributed by atoms with E-state index in [-0.39, 0.29) is 5.91 Å². The maximum Gasteiger partial charge on any atom is 0.265 e. The van der Waals surface area contributed by atoms with Crippen LogP contribution in [0, 0.1) is 0 Å². The molecule has 0 fully saturated rings. The van der Waals surface area contributed by atoms with Gasteiger partial charge < -0.3 is 19.5 Å². The monoisotopic (exact) mass is 349 g/mol. The number of carbonyl (C=O) groups excluding carboxylic acids is 1. The molecule has 1 N–H and O–H groups in total. The van der Waals surface area contributed by atoms with Crippen molar-refractivity contribution in [1.29, 1.82) is 0 Å². The highest BCUT2D eigenvalue weighted by Crippen LogP contribution is 2.29. The highest BCUT2D eigenvalue weighted by atomic mass is 35.5. The normalized spacial score (nSPS) is 11.5. The van der Waals surface area contributed by atoms with Gasteiger partial charge in [0.15, 0.2) is 17.6 Å². The topological polar surface area (TPSA) is 56.8 Å². The van der Waals surface area contributed by atoms with Gasteiger partial charge in [0, 0.05) is 5.69 Å². The molecule has 0 aliphatic rings. The van der Waals surface area contributed by atoms with Gasteiger partial charge in [-0.2, -0.15) is 0 Å². The van der Waals surface area contributed by atoms with Gasteiger partial charge in [0.2, 0.25) is 0 Å². The van der Waals surface area contributed by atoms with Crippen molar-refractivity contribution >= 4 is 23.2 Å². The van der Waals surface area contributed by atoms with Crippen LogP contribution < -0.4 is 19.5 Å². The summed E-state index contributed by atoms with van der Waals surface area (Å²) in [5.41, 5.74) is 0.569. The van der Waals surface area contributed by atoms with E-state index in [9.17, 15) is 4.79 Å². The van der Waals surface area contributed by atoms with E-state index < -0.39 is 6.10 Å². The smallest absolute Gasteiger partial charge is 0.265 e. The maximum atomic E-state index is 12.3. The fraction of sp³-hybridized carbons (Fsp3) is 0.278. The lowest BCUT2D eigenvalue weighted by Gasteiger charge is -2.17. The van der Waals surface area contributed by atoms with Gasteiger partial charge in [0.1, 0.15) is 5.75 Å². The summed E-state index contributed by atoms with van der Waals surface area (Å²) in [6.07, 6.45) is -0.701. The molecule has 6 heteroatoms. The van der Waals surface area contributed by atoms with Gasteiger partial charge in [-0.15, -0.1) is 0 Å². The van der Waals surface area contributed by atoms with Crippen LogP contribution in [0.1, 0.15) is 13.8 Å². The van der Waals surface area contributed by atoms with Gasteiger partial charge in [-0.05, 0) is 44.2 Å². The molecule has 0 saturated heterocycles. The summed E-state index contributed by atoms with van der Waals surface area (Å²) in [5, 5.41) is 3.18.